The first kappa shape index (κ1) is 12.5. The Balaban J connectivity index is 2.12. The largest absolute Gasteiger partial charge is 0.384 e. The summed E-state index contributed by atoms with van der Waals surface area (Å²) in [5.41, 5.74) is 11.6. The van der Waals surface area contributed by atoms with Crippen LogP contribution in [0.3, 0.4) is 0 Å². The van der Waals surface area contributed by atoms with Gasteiger partial charge in [0.2, 0.25) is 0 Å². The summed E-state index contributed by atoms with van der Waals surface area (Å²) in [5, 5.41) is 4.64. The predicted octanol–water partition coefficient (Wildman–Crippen LogP) is 3.74. The zero-order valence-corrected chi connectivity index (χ0v) is 11.7. The lowest BCUT2D eigenvalue weighted by atomic mass is 10.1. The first-order chi connectivity index (χ1) is 9.66. The van der Waals surface area contributed by atoms with Crippen LogP contribution >= 0.6 is 0 Å². The molecule has 0 aliphatic rings. The van der Waals surface area contributed by atoms with Crippen LogP contribution in [0.25, 0.3) is 16.9 Å². The normalized spacial score (nSPS) is 10.7. The van der Waals surface area contributed by atoms with E-state index in [4.69, 9.17) is 5.73 Å². The van der Waals surface area contributed by atoms with E-state index in [1.165, 1.54) is 11.1 Å². The molecule has 1 aromatic heterocycles. The maximum atomic E-state index is 6.13. The second kappa shape index (κ2) is 4.85. The van der Waals surface area contributed by atoms with E-state index in [0.29, 0.717) is 5.82 Å². The maximum absolute atomic E-state index is 6.13. The van der Waals surface area contributed by atoms with Crippen LogP contribution in [-0.2, 0) is 0 Å². The fraction of sp³-hybridized carbons (Fsp3) is 0.118. The minimum atomic E-state index is 0.651. The highest BCUT2D eigenvalue weighted by Gasteiger charge is 2.11. The van der Waals surface area contributed by atoms with E-state index in [-0.39, 0.29) is 0 Å². The average molecular weight is 263 g/mol. The Kier molecular flexibility index (Phi) is 3.03. The Bertz CT molecular complexity index is 742. The molecule has 0 spiro atoms. The number of anilines is 1. The van der Waals surface area contributed by atoms with Gasteiger partial charge in [-0.2, -0.15) is 5.10 Å². The van der Waals surface area contributed by atoms with Crippen molar-refractivity contribution in [2.24, 2.45) is 0 Å². The fourth-order valence-corrected chi connectivity index (χ4v) is 2.30. The predicted molar refractivity (Wildman–Crippen MR) is 82.9 cm³/mol. The number of nitrogen functional groups attached to an aromatic ring is 1. The molecule has 0 radical (unpaired) electrons. The van der Waals surface area contributed by atoms with Gasteiger partial charge in [-0.05, 0) is 31.0 Å². The van der Waals surface area contributed by atoms with E-state index in [2.05, 4.69) is 25.0 Å². The fourth-order valence-electron chi connectivity index (χ4n) is 2.30. The van der Waals surface area contributed by atoms with Crippen molar-refractivity contribution in [3.63, 3.8) is 0 Å². The summed E-state index contributed by atoms with van der Waals surface area (Å²) in [5.74, 6) is 0.651. The molecule has 1 heterocycles. The molecule has 3 rings (SSSR count). The second-order valence-corrected chi connectivity index (χ2v) is 4.95. The van der Waals surface area contributed by atoms with Gasteiger partial charge in [-0.15, -0.1) is 0 Å². The minimum Gasteiger partial charge on any atom is -0.384 e. The lowest BCUT2D eigenvalue weighted by Gasteiger charge is -2.09. The second-order valence-electron chi connectivity index (χ2n) is 4.95. The Labute approximate surface area is 118 Å². The molecular formula is C17H17N3. The van der Waals surface area contributed by atoms with Gasteiger partial charge >= 0.3 is 0 Å². The zero-order chi connectivity index (χ0) is 14.1. The summed E-state index contributed by atoms with van der Waals surface area (Å²) in [4.78, 5) is 0. The van der Waals surface area contributed by atoms with Gasteiger partial charge in [0.1, 0.15) is 5.82 Å². The quantitative estimate of drug-likeness (QED) is 0.765. The molecule has 2 aromatic carbocycles. The van der Waals surface area contributed by atoms with Crippen LogP contribution in [0.5, 0.6) is 0 Å². The molecule has 0 aliphatic carbocycles. The maximum Gasteiger partial charge on any atom is 0.127 e. The molecule has 0 saturated heterocycles. The van der Waals surface area contributed by atoms with Crippen LogP contribution in [-0.4, -0.2) is 9.78 Å². The van der Waals surface area contributed by atoms with E-state index < -0.39 is 0 Å². The number of aromatic nitrogens is 2. The van der Waals surface area contributed by atoms with Gasteiger partial charge in [0, 0.05) is 11.6 Å². The lowest BCUT2D eigenvalue weighted by Crippen LogP contribution is -2.04. The summed E-state index contributed by atoms with van der Waals surface area (Å²) in [7, 11) is 0. The van der Waals surface area contributed by atoms with Gasteiger partial charge in [0.25, 0.3) is 0 Å². The van der Waals surface area contributed by atoms with Gasteiger partial charge in [0.05, 0.1) is 11.4 Å². The molecule has 0 unspecified atom stereocenters. The van der Waals surface area contributed by atoms with Crippen molar-refractivity contribution in [2.75, 3.05) is 5.73 Å². The molecule has 3 nitrogen and oxygen atoms in total. The SMILES string of the molecule is Cc1cccc(-n2nc(-c3ccccc3)cc2N)c1C. The molecule has 0 saturated carbocycles. The first-order valence-corrected chi connectivity index (χ1v) is 6.64. The summed E-state index contributed by atoms with van der Waals surface area (Å²) in [6.07, 6.45) is 0. The molecule has 0 amide bonds. The molecule has 20 heavy (non-hydrogen) atoms. The summed E-state index contributed by atoms with van der Waals surface area (Å²) >= 11 is 0. The molecule has 2 N–H and O–H groups in total. The minimum absolute atomic E-state index is 0.651. The molecular weight excluding hydrogens is 246 g/mol. The third-order valence-corrected chi connectivity index (χ3v) is 3.61. The van der Waals surface area contributed by atoms with Crippen molar-refractivity contribution in [1.29, 1.82) is 0 Å². The number of benzene rings is 2. The van der Waals surface area contributed by atoms with Crippen molar-refractivity contribution in [3.8, 4) is 16.9 Å². The van der Waals surface area contributed by atoms with E-state index in [1.54, 1.807) is 0 Å². The van der Waals surface area contributed by atoms with Crippen molar-refractivity contribution in [3.05, 3.63) is 65.7 Å². The Morgan fingerprint density at radius 1 is 0.950 bits per heavy atom. The number of hydrogen-bond acceptors (Lipinski definition) is 2. The van der Waals surface area contributed by atoms with Gasteiger partial charge in [0.15, 0.2) is 0 Å². The first-order valence-electron chi connectivity index (χ1n) is 6.64. The van der Waals surface area contributed by atoms with Crippen molar-refractivity contribution in [2.45, 2.75) is 13.8 Å². The van der Waals surface area contributed by atoms with E-state index in [0.717, 1.165) is 16.9 Å². The molecule has 100 valence electrons. The van der Waals surface area contributed by atoms with E-state index in [9.17, 15) is 0 Å². The number of aryl methyl sites for hydroxylation is 1. The lowest BCUT2D eigenvalue weighted by molar-refractivity contribution is 0.885. The van der Waals surface area contributed by atoms with Crippen LogP contribution in [0, 0.1) is 13.8 Å². The average Bonchev–Trinajstić information content (AvgIpc) is 2.85. The van der Waals surface area contributed by atoms with Crippen LogP contribution < -0.4 is 5.73 Å². The highest BCUT2D eigenvalue weighted by molar-refractivity contribution is 5.64. The van der Waals surface area contributed by atoms with Gasteiger partial charge in [-0.3, -0.25) is 0 Å². The van der Waals surface area contributed by atoms with E-state index >= 15 is 0 Å². The molecule has 0 aliphatic heterocycles. The van der Waals surface area contributed by atoms with Crippen LogP contribution in [0.15, 0.2) is 54.6 Å². The van der Waals surface area contributed by atoms with Gasteiger partial charge in [-0.1, -0.05) is 42.5 Å². The van der Waals surface area contributed by atoms with Gasteiger partial charge < -0.3 is 5.73 Å². The molecule has 0 bridgehead atoms. The number of rotatable bonds is 2. The third-order valence-electron chi connectivity index (χ3n) is 3.61. The van der Waals surface area contributed by atoms with Crippen LogP contribution in [0.2, 0.25) is 0 Å². The molecule has 3 aromatic rings. The Hall–Kier alpha value is -2.55. The third kappa shape index (κ3) is 2.07. The van der Waals surface area contributed by atoms with Crippen molar-refractivity contribution >= 4 is 5.82 Å². The molecule has 0 atom stereocenters. The highest BCUT2D eigenvalue weighted by atomic mass is 15.3. The van der Waals surface area contributed by atoms with Crippen molar-refractivity contribution < 1.29 is 0 Å². The summed E-state index contributed by atoms with van der Waals surface area (Å²) < 4.78 is 1.81. The monoisotopic (exact) mass is 263 g/mol. The van der Waals surface area contributed by atoms with Crippen LogP contribution in [0.1, 0.15) is 11.1 Å². The number of nitrogens with zero attached hydrogens (tertiary/aromatic N) is 2. The molecule has 0 fully saturated rings. The zero-order valence-electron chi connectivity index (χ0n) is 11.7. The summed E-state index contributed by atoms with van der Waals surface area (Å²) in [6.45, 7) is 4.19. The standard InChI is InChI=1S/C17H17N3/c1-12-7-6-10-16(13(12)2)20-17(18)11-15(19-20)14-8-4-3-5-9-14/h3-11H,18H2,1-2H3. The van der Waals surface area contributed by atoms with Gasteiger partial charge in [-0.25, -0.2) is 4.68 Å². The Morgan fingerprint density at radius 3 is 2.45 bits per heavy atom. The van der Waals surface area contributed by atoms with E-state index in [1.807, 2.05) is 53.2 Å². The highest BCUT2D eigenvalue weighted by Crippen LogP contribution is 2.25. The molecule has 3 heteroatoms. The smallest absolute Gasteiger partial charge is 0.127 e. The number of hydrogen-bond donors (Lipinski definition) is 1. The van der Waals surface area contributed by atoms with Crippen molar-refractivity contribution in [1.82, 2.24) is 9.78 Å². The van der Waals surface area contributed by atoms with Crippen LogP contribution in [0.4, 0.5) is 5.82 Å². The Morgan fingerprint density at radius 2 is 1.70 bits per heavy atom. The topological polar surface area (TPSA) is 43.8 Å². The number of nitrogens with two attached hydrogens (primary N) is 1. The summed E-state index contributed by atoms with van der Waals surface area (Å²) in [6, 6.07) is 18.2.